The van der Waals surface area contributed by atoms with Crippen LogP contribution in [-0.2, 0) is 4.74 Å². The number of nitro benzene ring substituents is 1. The minimum absolute atomic E-state index is 0.0449. The lowest BCUT2D eigenvalue weighted by atomic mass is 10.1. The quantitative estimate of drug-likeness (QED) is 0.477. The van der Waals surface area contributed by atoms with Crippen molar-refractivity contribution in [3.63, 3.8) is 0 Å². The van der Waals surface area contributed by atoms with Gasteiger partial charge in [-0.1, -0.05) is 15.9 Å². The maximum atomic E-state index is 10.5. The van der Waals surface area contributed by atoms with E-state index in [4.69, 9.17) is 0 Å². The molecule has 0 spiro atoms. The van der Waals surface area contributed by atoms with Gasteiger partial charge in [0.25, 0.3) is 5.69 Å². The fourth-order valence-electron chi connectivity index (χ4n) is 0.997. The van der Waals surface area contributed by atoms with Crippen molar-refractivity contribution in [2.45, 2.75) is 6.92 Å². The normalized spacial score (nSPS) is 9.00. The second kappa shape index (κ2) is 7.08. The second-order valence-electron chi connectivity index (χ2n) is 2.92. The molecule has 6 heteroatoms. The third kappa shape index (κ3) is 4.08. The van der Waals surface area contributed by atoms with Crippen LogP contribution in [0.5, 0.6) is 0 Å². The Bertz CT molecular complexity index is 393. The Labute approximate surface area is 102 Å². The van der Waals surface area contributed by atoms with Gasteiger partial charge in [0.15, 0.2) is 6.29 Å². The van der Waals surface area contributed by atoms with Crippen LogP contribution >= 0.6 is 15.9 Å². The zero-order valence-corrected chi connectivity index (χ0v) is 10.8. The number of rotatable bonds is 2. The Morgan fingerprint density at radius 2 is 1.94 bits per heavy atom. The third-order valence-corrected chi connectivity index (χ3v) is 2.17. The van der Waals surface area contributed by atoms with Crippen LogP contribution in [0.1, 0.15) is 15.9 Å². The van der Waals surface area contributed by atoms with Crippen LogP contribution in [-0.4, -0.2) is 25.4 Å². The molecule has 0 fully saturated rings. The molecule has 1 rings (SSSR count). The van der Waals surface area contributed by atoms with Crippen molar-refractivity contribution >= 4 is 27.9 Å². The lowest BCUT2D eigenvalue weighted by Gasteiger charge is -2.00. The third-order valence-electron chi connectivity index (χ3n) is 1.71. The molecular formula is C10H12BrNO4. The summed E-state index contributed by atoms with van der Waals surface area (Å²) in [5.41, 5.74) is 0.681. The number of nitro groups is 1. The van der Waals surface area contributed by atoms with E-state index in [1.165, 1.54) is 6.07 Å². The monoisotopic (exact) mass is 289 g/mol. The van der Waals surface area contributed by atoms with E-state index < -0.39 is 4.92 Å². The van der Waals surface area contributed by atoms with Gasteiger partial charge in [0.1, 0.15) is 0 Å². The summed E-state index contributed by atoms with van der Waals surface area (Å²) < 4.78 is 4.78. The first-order valence-electron chi connectivity index (χ1n) is 4.27. The summed E-state index contributed by atoms with van der Waals surface area (Å²) in [4.78, 5) is 20.5. The molecule has 1 aromatic rings. The Morgan fingerprint density at radius 1 is 1.44 bits per heavy atom. The summed E-state index contributed by atoms with van der Waals surface area (Å²) in [6.45, 7) is 1.55. The van der Waals surface area contributed by atoms with Crippen molar-refractivity contribution in [2.75, 3.05) is 14.2 Å². The van der Waals surface area contributed by atoms with Gasteiger partial charge >= 0.3 is 0 Å². The highest BCUT2D eigenvalue weighted by Crippen LogP contribution is 2.25. The standard InChI is InChI=1S/C8H6BrNO3.C2H6O/c1-5-6(4-11)2-7(9)3-8(5)10(12)13;1-3-2/h2-4H,1H3;1-2H3. The molecule has 0 radical (unpaired) electrons. The van der Waals surface area contributed by atoms with Gasteiger partial charge < -0.3 is 4.74 Å². The second-order valence-corrected chi connectivity index (χ2v) is 3.84. The van der Waals surface area contributed by atoms with Gasteiger partial charge in [0.2, 0.25) is 0 Å². The van der Waals surface area contributed by atoms with Crippen LogP contribution in [0.2, 0.25) is 0 Å². The number of aldehydes is 1. The number of hydrogen-bond acceptors (Lipinski definition) is 4. The fourth-order valence-corrected chi connectivity index (χ4v) is 1.46. The minimum Gasteiger partial charge on any atom is -0.388 e. The van der Waals surface area contributed by atoms with Crippen LogP contribution in [0.3, 0.4) is 0 Å². The van der Waals surface area contributed by atoms with Gasteiger partial charge in [-0.3, -0.25) is 14.9 Å². The SMILES string of the molecule is COC.Cc1c(C=O)cc(Br)cc1[N+](=O)[O-]. The first-order valence-corrected chi connectivity index (χ1v) is 5.07. The summed E-state index contributed by atoms with van der Waals surface area (Å²) in [6.07, 6.45) is 0.604. The number of halogens is 1. The fraction of sp³-hybridized carbons (Fsp3) is 0.300. The first-order chi connectivity index (χ1) is 7.47. The number of carbonyl (C=O) groups excluding carboxylic acids is 1. The summed E-state index contributed by atoms with van der Waals surface area (Å²) in [7, 11) is 3.25. The number of hydrogen-bond donors (Lipinski definition) is 0. The van der Waals surface area contributed by atoms with Crippen LogP contribution in [0, 0.1) is 17.0 Å². The van der Waals surface area contributed by atoms with Crippen molar-refractivity contribution < 1.29 is 14.5 Å². The highest BCUT2D eigenvalue weighted by Gasteiger charge is 2.14. The predicted octanol–water partition coefficient (Wildman–Crippen LogP) is 2.74. The molecular weight excluding hydrogens is 278 g/mol. The molecule has 0 amide bonds. The zero-order chi connectivity index (χ0) is 12.7. The first kappa shape index (κ1) is 14.7. The smallest absolute Gasteiger partial charge is 0.274 e. The predicted molar refractivity (Wildman–Crippen MR) is 63.9 cm³/mol. The summed E-state index contributed by atoms with van der Waals surface area (Å²) in [5.74, 6) is 0. The number of benzene rings is 1. The Kier molecular flexibility index (Phi) is 6.52. The number of nitrogens with zero attached hydrogens (tertiary/aromatic N) is 1. The van der Waals surface area contributed by atoms with Gasteiger partial charge in [-0.25, -0.2) is 0 Å². The summed E-state index contributed by atoms with van der Waals surface area (Å²) in [6, 6.07) is 2.93. The lowest BCUT2D eigenvalue weighted by molar-refractivity contribution is -0.385. The Morgan fingerprint density at radius 3 is 2.31 bits per heavy atom. The van der Waals surface area contributed by atoms with E-state index in [-0.39, 0.29) is 5.69 Å². The molecule has 0 aliphatic heterocycles. The van der Waals surface area contributed by atoms with E-state index in [2.05, 4.69) is 20.7 Å². The van der Waals surface area contributed by atoms with Gasteiger partial charge in [0, 0.05) is 35.9 Å². The topological polar surface area (TPSA) is 69.4 Å². The number of ether oxygens (including phenoxy) is 1. The molecule has 16 heavy (non-hydrogen) atoms. The zero-order valence-electron chi connectivity index (χ0n) is 9.19. The largest absolute Gasteiger partial charge is 0.388 e. The van der Waals surface area contributed by atoms with Crippen LogP contribution in [0.25, 0.3) is 0 Å². The Balaban J connectivity index is 0.000000673. The number of methoxy groups -OCH3 is 1. The van der Waals surface area contributed by atoms with Crippen molar-refractivity contribution in [3.8, 4) is 0 Å². The molecule has 5 nitrogen and oxygen atoms in total. The van der Waals surface area contributed by atoms with Crippen molar-refractivity contribution in [3.05, 3.63) is 37.8 Å². The van der Waals surface area contributed by atoms with E-state index in [1.54, 1.807) is 27.2 Å². The molecule has 1 aromatic carbocycles. The lowest BCUT2D eigenvalue weighted by Crippen LogP contribution is -1.95. The highest BCUT2D eigenvalue weighted by atomic mass is 79.9. The van der Waals surface area contributed by atoms with Crippen LogP contribution in [0.4, 0.5) is 5.69 Å². The highest BCUT2D eigenvalue weighted by molar-refractivity contribution is 9.10. The molecule has 0 aromatic heterocycles. The molecule has 0 saturated carbocycles. The molecule has 0 aliphatic rings. The maximum Gasteiger partial charge on any atom is 0.274 e. The van der Waals surface area contributed by atoms with Crippen molar-refractivity contribution in [1.29, 1.82) is 0 Å². The summed E-state index contributed by atoms with van der Waals surface area (Å²) in [5, 5.41) is 10.5. The molecule has 0 unspecified atom stereocenters. The molecule has 88 valence electrons. The van der Waals surface area contributed by atoms with Gasteiger partial charge in [-0.05, 0) is 13.0 Å². The van der Waals surface area contributed by atoms with Crippen LogP contribution < -0.4 is 0 Å². The molecule has 0 aliphatic carbocycles. The molecule has 0 heterocycles. The Hall–Kier alpha value is -1.27. The minimum atomic E-state index is -0.507. The van der Waals surface area contributed by atoms with Crippen molar-refractivity contribution in [1.82, 2.24) is 0 Å². The maximum absolute atomic E-state index is 10.5. The summed E-state index contributed by atoms with van der Waals surface area (Å²) >= 11 is 3.09. The van der Waals surface area contributed by atoms with E-state index in [1.807, 2.05) is 0 Å². The van der Waals surface area contributed by atoms with E-state index in [0.717, 1.165) is 0 Å². The molecule has 0 N–H and O–H groups in total. The van der Waals surface area contributed by atoms with Gasteiger partial charge in [0.05, 0.1) is 4.92 Å². The van der Waals surface area contributed by atoms with E-state index in [9.17, 15) is 14.9 Å². The molecule has 0 atom stereocenters. The van der Waals surface area contributed by atoms with Crippen molar-refractivity contribution in [2.24, 2.45) is 0 Å². The van der Waals surface area contributed by atoms with Crippen LogP contribution in [0.15, 0.2) is 16.6 Å². The van der Waals surface area contributed by atoms with E-state index >= 15 is 0 Å². The molecule has 0 saturated heterocycles. The average molecular weight is 290 g/mol. The van der Waals surface area contributed by atoms with E-state index in [0.29, 0.717) is 21.9 Å². The number of carbonyl (C=O) groups is 1. The average Bonchev–Trinajstić information content (AvgIpc) is 2.21. The van der Waals surface area contributed by atoms with Gasteiger partial charge in [-0.15, -0.1) is 0 Å². The van der Waals surface area contributed by atoms with Gasteiger partial charge in [-0.2, -0.15) is 0 Å². The molecule has 0 bridgehead atoms.